The molecule has 1 atom stereocenters. The molecule has 0 aliphatic rings. The third-order valence-corrected chi connectivity index (χ3v) is 3.52. The zero-order valence-electron chi connectivity index (χ0n) is 11.1. The Morgan fingerprint density at radius 1 is 1.25 bits per heavy atom. The molecule has 5 N–H and O–H groups in total. The van der Waals surface area contributed by atoms with Crippen LogP contribution in [0.5, 0.6) is 0 Å². The molecule has 0 bridgehead atoms. The highest BCUT2D eigenvalue weighted by molar-refractivity contribution is 9.10. The lowest BCUT2D eigenvalue weighted by Crippen LogP contribution is -2.16. The van der Waals surface area contributed by atoms with Crippen LogP contribution in [0.2, 0.25) is 0 Å². The van der Waals surface area contributed by atoms with Gasteiger partial charge in [0.05, 0.1) is 5.56 Å². The van der Waals surface area contributed by atoms with Gasteiger partial charge in [0.15, 0.2) is 0 Å². The van der Waals surface area contributed by atoms with Crippen molar-refractivity contribution < 1.29 is 4.79 Å². The van der Waals surface area contributed by atoms with Crippen LogP contribution in [0.15, 0.2) is 46.9 Å². The predicted octanol–water partition coefficient (Wildman–Crippen LogP) is 3.30. The first-order valence-electron chi connectivity index (χ1n) is 6.18. The maximum atomic E-state index is 11.5. The molecule has 2 aromatic carbocycles. The monoisotopic (exact) mass is 333 g/mol. The first-order valence-corrected chi connectivity index (χ1v) is 6.98. The second-order valence-electron chi connectivity index (χ2n) is 4.59. The van der Waals surface area contributed by atoms with E-state index in [1.165, 1.54) is 0 Å². The molecule has 2 aromatic rings. The van der Waals surface area contributed by atoms with Gasteiger partial charge in [-0.2, -0.15) is 0 Å². The van der Waals surface area contributed by atoms with Crippen molar-refractivity contribution in [3.63, 3.8) is 0 Å². The van der Waals surface area contributed by atoms with E-state index in [2.05, 4.69) is 21.2 Å². The lowest BCUT2D eigenvalue weighted by atomic mass is 10.1. The summed E-state index contributed by atoms with van der Waals surface area (Å²) in [5, 5.41) is 3.29. The highest BCUT2D eigenvalue weighted by Gasteiger charge is 2.12. The van der Waals surface area contributed by atoms with Crippen molar-refractivity contribution in [1.29, 1.82) is 0 Å². The average molecular weight is 334 g/mol. The van der Waals surface area contributed by atoms with E-state index in [0.29, 0.717) is 16.9 Å². The fraction of sp³-hybridized carbons (Fsp3) is 0.133. The minimum absolute atomic E-state index is 0.0118. The smallest absolute Gasteiger partial charge is 0.250 e. The van der Waals surface area contributed by atoms with Crippen LogP contribution in [0.3, 0.4) is 0 Å². The van der Waals surface area contributed by atoms with E-state index in [4.69, 9.17) is 11.5 Å². The number of hydrogen-bond donors (Lipinski definition) is 3. The number of halogens is 1. The number of benzene rings is 2. The van der Waals surface area contributed by atoms with Crippen LogP contribution in [0.1, 0.15) is 28.9 Å². The lowest BCUT2D eigenvalue weighted by molar-refractivity contribution is 0.100. The maximum absolute atomic E-state index is 11.5. The first-order chi connectivity index (χ1) is 9.47. The van der Waals surface area contributed by atoms with Gasteiger partial charge in [0.1, 0.15) is 0 Å². The van der Waals surface area contributed by atoms with E-state index < -0.39 is 5.91 Å². The van der Waals surface area contributed by atoms with Crippen molar-refractivity contribution in [1.82, 2.24) is 0 Å². The molecule has 0 fully saturated rings. The van der Waals surface area contributed by atoms with Crippen molar-refractivity contribution >= 4 is 33.2 Å². The SMILES string of the molecule is CC(Nc1ccc(Br)cc1C(N)=O)c1cccc(N)c1. The third-order valence-electron chi connectivity index (χ3n) is 3.03. The Labute approximate surface area is 126 Å². The molecule has 1 unspecified atom stereocenters. The van der Waals surface area contributed by atoms with Crippen LogP contribution in [0, 0.1) is 0 Å². The molecule has 5 heteroatoms. The van der Waals surface area contributed by atoms with Gasteiger partial charge in [-0.1, -0.05) is 28.1 Å². The van der Waals surface area contributed by atoms with Gasteiger partial charge < -0.3 is 16.8 Å². The zero-order valence-corrected chi connectivity index (χ0v) is 12.6. The second kappa shape index (κ2) is 5.96. The number of nitrogens with one attached hydrogen (secondary N) is 1. The molecule has 2 rings (SSSR count). The van der Waals surface area contributed by atoms with Crippen LogP contribution in [-0.4, -0.2) is 5.91 Å². The first kappa shape index (κ1) is 14.4. The summed E-state index contributed by atoms with van der Waals surface area (Å²) in [5.74, 6) is -0.464. The van der Waals surface area contributed by atoms with Crippen LogP contribution >= 0.6 is 15.9 Å². The van der Waals surface area contributed by atoms with E-state index in [9.17, 15) is 4.79 Å². The number of hydrogen-bond acceptors (Lipinski definition) is 3. The van der Waals surface area contributed by atoms with E-state index in [1.807, 2.05) is 43.3 Å². The summed E-state index contributed by atoms with van der Waals surface area (Å²) in [6, 6.07) is 13.0. The molecule has 104 valence electrons. The molecule has 0 saturated carbocycles. The Hall–Kier alpha value is -2.01. The fourth-order valence-corrected chi connectivity index (χ4v) is 2.35. The Kier molecular flexibility index (Phi) is 4.29. The van der Waals surface area contributed by atoms with Gasteiger partial charge in [0, 0.05) is 21.9 Å². The van der Waals surface area contributed by atoms with Gasteiger partial charge >= 0.3 is 0 Å². The van der Waals surface area contributed by atoms with E-state index in [1.54, 1.807) is 6.07 Å². The van der Waals surface area contributed by atoms with E-state index >= 15 is 0 Å². The normalized spacial score (nSPS) is 11.9. The van der Waals surface area contributed by atoms with Crippen LogP contribution in [0.4, 0.5) is 11.4 Å². The predicted molar refractivity (Wildman–Crippen MR) is 85.6 cm³/mol. The summed E-state index contributed by atoms with van der Waals surface area (Å²) in [7, 11) is 0. The Balaban J connectivity index is 2.28. The molecule has 0 radical (unpaired) electrons. The number of nitrogen functional groups attached to an aromatic ring is 1. The summed E-state index contributed by atoms with van der Waals surface area (Å²) < 4.78 is 0.813. The number of carbonyl (C=O) groups excluding carboxylic acids is 1. The molecule has 0 aromatic heterocycles. The average Bonchev–Trinajstić information content (AvgIpc) is 2.40. The minimum Gasteiger partial charge on any atom is -0.399 e. The van der Waals surface area contributed by atoms with Crippen molar-refractivity contribution in [2.75, 3.05) is 11.1 Å². The molecular formula is C15H16BrN3O. The second-order valence-corrected chi connectivity index (χ2v) is 5.51. The molecule has 20 heavy (non-hydrogen) atoms. The van der Waals surface area contributed by atoms with Gasteiger partial charge in [-0.05, 0) is 42.8 Å². The number of primary amides is 1. The summed E-state index contributed by atoms with van der Waals surface area (Å²) in [4.78, 5) is 11.5. The molecule has 4 nitrogen and oxygen atoms in total. The van der Waals surface area contributed by atoms with Gasteiger partial charge in [0.2, 0.25) is 0 Å². The van der Waals surface area contributed by atoms with Gasteiger partial charge in [0.25, 0.3) is 5.91 Å². The van der Waals surface area contributed by atoms with E-state index in [0.717, 1.165) is 10.0 Å². The Morgan fingerprint density at radius 2 is 2.00 bits per heavy atom. The number of nitrogens with two attached hydrogens (primary N) is 2. The lowest BCUT2D eigenvalue weighted by Gasteiger charge is -2.18. The summed E-state index contributed by atoms with van der Waals surface area (Å²) in [6.07, 6.45) is 0. The summed E-state index contributed by atoms with van der Waals surface area (Å²) in [6.45, 7) is 2.00. The van der Waals surface area contributed by atoms with Gasteiger partial charge in [-0.3, -0.25) is 4.79 Å². The van der Waals surface area contributed by atoms with Gasteiger partial charge in [-0.15, -0.1) is 0 Å². The molecule has 0 aliphatic carbocycles. The van der Waals surface area contributed by atoms with Crippen molar-refractivity contribution in [3.8, 4) is 0 Å². The number of amides is 1. The summed E-state index contributed by atoms with van der Waals surface area (Å²) >= 11 is 3.33. The maximum Gasteiger partial charge on any atom is 0.250 e. The number of rotatable bonds is 4. The number of carbonyl (C=O) groups is 1. The number of anilines is 2. The minimum atomic E-state index is -0.464. The molecule has 0 aliphatic heterocycles. The Bertz CT molecular complexity index is 643. The fourth-order valence-electron chi connectivity index (χ4n) is 1.99. The van der Waals surface area contributed by atoms with Crippen molar-refractivity contribution in [2.45, 2.75) is 13.0 Å². The topological polar surface area (TPSA) is 81.1 Å². The molecule has 1 amide bonds. The van der Waals surface area contributed by atoms with Crippen LogP contribution in [0.25, 0.3) is 0 Å². The van der Waals surface area contributed by atoms with E-state index in [-0.39, 0.29) is 6.04 Å². The molecule has 0 spiro atoms. The third kappa shape index (κ3) is 3.30. The summed E-state index contributed by atoms with van der Waals surface area (Å²) in [5.41, 5.74) is 14.1. The Morgan fingerprint density at radius 3 is 2.65 bits per heavy atom. The highest BCUT2D eigenvalue weighted by Crippen LogP contribution is 2.25. The quantitative estimate of drug-likeness (QED) is 0.751. The highest BCUT2D eigenvalue weighted by atomic mass is 79.9. The molecular weight excluding hydrogens is 318 g/mol. The standard InChI is InChI=1S/C15H16BrN3O/c1-9(10-3-2-4-12(17)7-10)19-14-6-5-11(16)8-13(14)15(18)20/h2-9,19H,17H2,1H3,(H2,18,20). The zero-order chi connectivity index (χ0) is 14.7. The molecule has 0 heterocycles. The molecule has 0 saturated heterocycles. The van der Waals surface area contributed by atoms with Crippen molar-refractivity contribution in [3.05, 3.63) is 58.1 Å². The van der Waals surface area contributed by atoms with Crippen molar-refractivity contribution in [2.24, 2.45) is 5.73 Å². The van der Waals surface area contributed by atoms with Crippen LogP contribution in [-0.2, 0) is 0 Å². The van der Waals surface area contributed by atoms with Gasteiger partial charge in [-0.25, -0.2) is 0 Å². The van der Waals surface area contributed by atoms with Crippen LogP contribution < -0.4 is 16.8 Å². The largest absolute Gasteiger partial charge is 0.399 e.